The Balaban J connectivity index is 2.49. The molecule has 0 radical (unpaired) electrons. The number of esters is 1. The van der Waals surface area contributed by atoms with E-state index >= 15 is 0 Å². The van der Waals surface area contributed by atoms with E-state index in [9.17, 15) is 4.79 Å². The summed E-state index contributed by atoms with van der Waals surface area (Å²) in [6, 6.07) is 0.718. The van der Waals surface area contributed by atoms with Gasteiger partial charge in [-0.05, 0) is 25.2 Å². The monoisotopic (exact) mass is 300 g/mol. The van der Waals surface area contributed by atoms with Gasteiger partial charge in [-0.3, -0.25) is 4.79 Å². The lowest BCUT2D eigenvalue weighted by Crippen LogP contribution is -3.10. The summed E-state index contributed by atoms with van der Waals surface area (Å²) in [6.07, 6.45) is 8.26. The Morgan fingerprint density at radius 1 is 1.29 bits per heavy atom. The summed E-state index contributed by atoms with van der Waals surface area (Å²) >= 11 is 0. The summed E-state index contributed by atoms with van der Waals surface area (Å²) in [6.45, 7) is 4.66. The molecule has 3 atom stereocenters. The number of rotatable bonds is 10. The van der Waals surface area contributed by atoms with Crippen LogP contribution < -0.4 is 10.2 Å². The fourth-order valence-electron chi connectivity index (χ4n) is 3.69. The molecule has 0 aromatic rings. The molecule has 3 N–H and O–H groups in total. The van der Waals surface area contributed by atoms with Gasteiger partial charge in [0.1, 0.15) is 13.1 Å². The number of nitrogens with one attached hydrogen (secondary N) is 1. The van der Waals surface area contributed by atoms with Crippen LogP contribution in [0.1, 0.15) is 51.9 Å². The van der Waals surface area contributed by atoms with Crippen molar-refractivity contribution in [2.24, 2.45) is 11.8 Å². The first-order chi connectivity index (χ1) is 10.1. The maximum atomic E-state index is 11.6. The zero-order valence-corrected chi connectivity index (χ0v) is 14.5. The van der Waals surface area contributed by atoms with Crippen molar-refractivity contribution in [2.75, 3.05) is 34.3 Å². The van der Waals surface area contributed by atoms with Crippen LogP contribution in [0, 0.1) is 11.8 Å². The number of hydrogen-bond acceptors (Lipinski definition) is 2. The van der Waals surface area contributed by atoms with Gasteiger partial charge in [-0.1, -0.05) is 26.2 Å². The molecule has 0 aromatic heterocycles. The quantitative estimate of drug-likeness (QED) is 0.448. The Kier molecular flexibility index (Phi) is 8.93. The third-order valence-corrected chi connectivity index (χ3v) is 4.94. The normalized spacial score (nSPS) is 25.5. The summed E-state index contributed by atoms with van der Waals surface area (Å²) in [5.74, 6) is 1.22. The number of carbonyl (C=O) groups excluding carboxylic acids is 1. The van der Waals surface area contributed by atoms with Gasteiger partial charge in [0.25, 0.3) is 0 Å². The number of methoxy groups -OCH3 is 1. The Morgan fingerprint density at radius 2 is 2.05 bits per heavy atom. The molecule has 1 aliphatic carbocycles. The zero-order valence-electron chi connectivity index (χ0n) is 14.5. The lowest BCUT2D eigenvalue weighted by Gasteiger charge is -2.23. The Labute approximate surface area is 130 Å². The van der Waals surface area contributed by atoms with E-state index in [2.05, 4.69) is 26.3 Å². The molecule has 1 rings (SSSR count). The first-order valence-electron chi connectivity index (χ1n) is 8.77. The second kappa shape index (κ2) is 10.2. The van der Waals surface area contributed by atoms with E-state index in [-0.39, 0.29) is 5.97 Å². The minimum Gasteiger partial charge on any atom is -0.469 e. The van der Waals surface area contributed by atoms with Crippen LogP contribution in [0.4, 0.5) is 0 Å². The summed E-state index contributed by atoms with van der Waals surface area (Å²) in [5.41, 5.74) is 0. The van der Waals surface area contributed by atoms with E-state index in [1.165, 1.54) is 63.6 Å². The molecule has 0 heterocycles. The van der Waals surface area contributed by atoms with Gasteiger partial charge in [-0.15, -0.1) is 0 Å². The third-order valence-electron chi connectivity index (χ3n) is 4.94. The minimum absolute atomic E-state index is 0.0288. The lowest BCUT2D eigenvalue weighted by atomic mass is 9.86. The second-order valence-corrected chi connectivity index (χ2v) is 6.92. The second-order valence-electron chi connectivity index (χ2n) is 6.92. The maximum Gasteiger partial charge on any atom is 0.305 e. The first kappa shape index (κ1) is 18.4. The van der Waals surface area contributed by atoms with E-state index in [1.54, 1.807) is 0 Å². The summed E-state index contributed by atoms with van der Waals surface area (Å²) < 4.78 is 4.88. The van der Waals surface area contributed by atoms with Gasteiger partial charge >= 0.3 is 5.97 Å². The van der Waals surface area contributed by atoms with Crippen LogP contribution in [0.25, 0.3) is 0 Å². The summed E-state index contributed by atoms with van der Waals surface area (Å²) in [7, 11) is 5.93. The molecular formula is C17H36N2O2+2. The van der Waals surface area contributed by atoms with E-state index in [0.29, 0.717) is 18.3 Å². The Morgan fingerprint density at radius 3 is 2.67 bits per heavy atom. The number of quaternary nitrogens is 2. The molecule has 124 valence electrons. The average Bonchev–Trinajstić information content (AvgIpc) is 2.81. The Hall–Kier alpha value is -0.610. The van der Waals surface area contributed by atoms with E-state index in [0.717, 1.165) is 6.04 Å². The largest absolute Gasteiger partial charge is 0.469 e. The van der Waals surface area contributed by atoms with E-state index < -0.39 is 0 Å². The molecule has 1 saturated carbocycles. The molecule has 4 heteroatoms. The highest BCUT2D eigenvalue weighted by Gasteiger charge is 2.39. The van der Waals surface area contributed by atoms with Crippen LogP contribution in [-0.2, 0) is 9.53 Å². The van der Waals surface area contributed by atoms with E-state index in [4.69, 9.17) is 4.74 Å². The lowest BCUT2D eigenvalue weighted by molar-refractivity contribution is -0.877. The predicted octanol–water partition coefficient (Wildman–Crippen LogP) is 0.233. The number of unbranched alkanes of at least 4 members (excludes halogenated alkanes) is 2. The van der Waals surface area contributed by atoms with Crippen LogP contribution in [0.5, 0.6) is 0 Å². The number of ether oxygens (including phenoxy) is 1. The number of nitrogens with two attached hydrogens (primary N) is 1. The summed E-state index contributed by atoms with van der Waals surface area (Å²) in [5, 5.41) is 2.54. The average molecular weight is 300 g/mol. The van der Waals surface area contributed by atoms with Crippen molar-refractivity contribution < 1.29 is 19.7 Å². The summed E-state index contributed by atoms with van der Waals surface area (Å²) in [4.78, 5) is 13.1. The Bertz CT molecular complexity index is 295. The molecule has 0 aromatic carbocycles. The molecule has 21 heavy (non-hydrogen) atoms. The topological polar surface area (TPSA) is 47.3 Å². The molecular weight excluding hydrogens is 264 g/mol. The number of carbonyl (C=O) groups is 1. The molecule has 0 amide bonds. The molecule has 1 fully saturated rings. The van der Waals surface area contributed by atoms with Gasteiger partial charge in [0, 0.05) is 12.3 Å². The van der Waals surface area contributed by atoms with Gasteiger partial charge in [-0.25, -0.2) is 0 Å². The molecule has 0 bridgehead atoms. The molecule has 4 nitrogen and oxygen atoms in total. The van der Waals surface area contributed by atoms with Crippen molar-refractivity contribution in [1.82, 2.24) is 0 Å². The SMILES string of the molecule is CCCCC[C@H]1[C@H](CC(=O)OC)CC[C@H]1[NH2+]CC[NH+](C)C. The van der Waals surface area contributed by atoms with Crippen molar-refractivity contribution in [3.8, 4) is 0 Å². The molecule has 0 saturated heterocycles. The van der Waals surface area contributed by atoms with Crippen LogP contribution in [-0.4, -0.2) is 46.3 Å². The molecule has 0 spiro atoms. The molecule has 1 aliphatic rings. The maximum absolute atomic E-state index is 11.6. The molecule has 0 aliphatic heterocycles. The van der Waals surface area contributed by atoms with Crippen molar-refractivity contribution in [3.05, 3.63) is 0 Å². The standard InChI is InChI=1S/C17H34N2O2/c1-5-6-7-8-15-14(13-17(20)21-4)9-10-16(15)18-11-12-19(2)3/h14-16,18H,5-13H2,1-4H3/p+2/t14-,15-,16+/m0/s1. The van der Waals surface area contributed by atoms with Crippen LogP contribution in [0.3, 0.4) is 0 Å². The van der Waals surface area contributed by atoms with Gasteiger partial charge in [0.2, 0.25) is 0 Å². The van der Waals surface area contributed by atoms with Crippen molar-refractivity contribution in [2.45, 2.75) is 57.9 Å². The van der Waals surface area contributed by atoms with Crippen molar-refractivity contribution in [1.29, 1.82) is 0 Å². The number of likely N-dealkylation sites (N-methyl/N-ethyl adjacent to an activating group) is 1. The predicted molar refractivity (Wildman–Crippen MR) is 85.2 cm³/mol. The van der Waals surface area contributed by atoms with Crippen molar-refractivity contribution >= 4 is 5.97 Å². The highest BCUT2D eigenvalue weighted by molar-refractivity contribution is 5.69. The molecule has 0 unspecified atom stereocenters. The number of hydrogen-bond donors (Lipinski definition) is 2. The fraction of sp³-hybridized carbons (Fsp3) is 0.941. The van der Waals surface area contributed by atoms with Crippen LogP contribution in [0.2, 0.25) is 0 Å². The van der Waals surface area contributed by atoms with Gasteiger partial charge in [0.05, 0.1) is 27.2 Å². The van der Waals surface area contributed by atoms with Crippen LogP contribution >= 0.6 is 0 Å². The minimum atomic E-state index is -0.0288. The van der Waals surface area contributed by atoms with Crippen LogP contribution in [0.15, 0.2) is 0 Å². The third kappa shape index (κ3) is 6.79. The van der Waals surface area contributed by atoms with Crippen molar-refractivity contribution in [3.63, 3.8) is 0 Å². The fourth-order valence-corrected chi connectivity index (χ4v) is 3.69. The highest BCUT2D eigenvalue weighted by atomic mass is 16.5. The zero-order chi connectivity index (χ0) is 15.7. The smallest absolute Gasteiger partial charge is 0.305 e. The van der Waals surface area contributed by atoms with Gasteiger partial charge < -0.3 is 15.0 Å². The first-order valence-corrected chi connectivity index (χ1v) is 8.77. The van der Waals surface area contributed by atoms with Gasteiger partial charge in [0.15, 0.2) is 0 Å². The van der Waals surface area contributed by atoms with E-state index in [1.807, 2.05) is 0 Å². The van der Waals surface area contributed by atoms with Gasteiger partial charge in [-0.2, -0.15) is 0 Å². The highest BCUT2D eigenvalue weighted by Crippen LogP contribution is 2.36.